The molecular weight excluding hydrogens is 278 g/mol. The number of nitrogens with one attached hydrogen (secondary N) is 2. The van der Waals surface area contributed by atoms with Gasteiger partial charge in [-0.1, -0.05) is 25.1 Å². The summed E-state index contributed by atoms with van der Waals surface area (Å²) >= 11 is 0. The van der Waals surface area contributed by atoms with Gasteiger partial charge in [0.15, 0.2) is 0 Å². The van der Waals surface area contributed by atoms with Gasteiger partial charge in [-0.25, -0.2) is 4.98 Å². The van der Waals surface area contributed by atoms with Crippen molar-refractivity contribution in [2.45, 2.75) is 19.9 Å². The molecular formula is C17H21N3O2. The van der Waals surface area contributed by atoms with Crippen LogP contribution in [0.4, 0.5) is 5.82 Å². The van der Waals surface area contributed by atoms with E-state index in [9.17, 15) is 4.79 Å². The highest BCUT2D eigenvalue weighted by molar-refractivity contribution is 5.94. The largest absolute Gasteiger partial charge is 0.496 e. The van der Waals surface area contributed by atoms with Gasteiger partial charge >= 0.3 is 0 Å². The van der Waals surface area contributed by atoms with Crippen molar-refractivity contribution in [1.82, 2.24) is 10.3 Å². The van der Waals surface area contributed by atoms with Crippen LogP contribution in [0.25, 0.3) is 0 Å². The Balaban J connectivity index is 2.03. The minimum atomic E-state index is -0.0791. The zero-order valence-corrected chi connectivity index (χ0v) is 12.9. The van der Waals surface area contributed by atoms with Crippen LogP contribution >= 0.6 is 0 Å². The van der Waals surface area contributed by atoms with Crippen molar-refractivity contribution in [2.24, 2.45) is 0 Å². The average Bonchev–Trinajstić information content (AvgIpc) is 2.58. The molecule has 2 N–H and O–H groups in total. The summed E-state index contributed by atoms with van der Waals surface area (Å²) in [4.78, 5) is 16.2. The summed E-state index contributed by atoms with van der Waals surface area (Å²) in [6.07, 6.45) is 2.54. The molecule has 0 aliphatic heterocycles. The molecule has 1 amide bonds. The Morgan fingerprint density at radius 3 is 2.86 bits per heavy atom. The first-order valence-electron chi connectivity index (χ1n) is 7.34. The van der Waals surface area contributed by atoms with Crippen molar-refractivity contribution < 1.29 is 9.53 Å². The van der Waals surface area contributed by atoms with Gasteiger partial charge in [0.2, 0.25) is 0 Å². The van der Waals surface area contributed by atoms with E-state index in [2.05, 4.69) is 15.6 Å². The average molecular weight is 299 g/mol. The SMILES string of the molecule is CCCNC(=O)c1ccnc(NCc2ccccc2OC)c1. The van der Waals surface area contributed by atoms with E-state index in [1.165, 1.54) is 0 Å². The number of methoxy groups -OCH3 is 1. The van der Waals surface area contributed by atoms with Crippen molar-refractivity contribution in [3.05, 3.63) is 53.7 Å². The number of aromatic nitrogens is 1. The predicted molar refractivity (Wildman–Crippen MR) is 87.2 cm³/mol. The molecule has 0 bridgehead atoms. The summed E-state index contributed by atoms with van der Waals surface area (Å²) in [5.41, 5.74) is 1.64. The van der Waals surface area contributed by atoms with E-state index < -0.39 is 0 Å². The van der Waals surface area contributed by atoms with Gasteiger partial charge in [-0.2, -0.15) is 0 Å². The van der Waals surface area contributed by atoms with Gasteiger partial charge in [0.05, 0.1) is 7.11 Å². The Labute approximate surface area is 130 Å². The highest BCUT2D eigenvalue weighted by atomic mass is 16.5. The van der Waals surface area contributed by atoms with Gasteiger partial charge in [0, 0.05) is 30.4 Å². The van der Waals surface area contributed by atoms with E-state index in [1.54, 1.807) is 25.4 Å². The second-order valence-electron chi connectivity index (χ2n) is 4.85. The number of nitrogens with zero attached hydrogens (tertiary/aromatic N) is 1. The van der Waals surface area contributed by atoms with Crippen LogP contribution in [0, 0.1) is 0 Å². The number of rotatable bonds is 7. The lowest BCUT2D eigenvalue weighted by atomic mass is 10.2. The number of anilines is 1. The second-order valence-corrected chi connectivity index (χ2v) is 4.85. The van der Waals surface area contributed by atoms with E-state index in [1.807, 2.05) is 31.2 Å². The number of para-hydroxylation sites is 1. The van der Waals surface area contributed by atoms with Crippen LogP contribution in [0.5, 0.6) is 5.75 Å². The van der Waals surface area contributed by atoms with Gasteiger partial charge in [-0.3, -0.25) is 4.79 Å². The minimum absolute atomic E-state index is 0.0791. The summed E-state index contributed by atoms with van der Waals surface area (Å²) in [6.45, 7) is 3.27. The molecule has 0 saturated heterocycles. The summed E-state index contributed by atoms with van der Waals surface area (Å²) in [7, 11) is 1.65. The third kappa shape index (κ3) is 4.22. The molecule has 1 aromatic heterocycles. The molecule has 2 rings (SSSR count). The van der Waals surface area contributed by atoms with Crippen LogP contribution < -0.4 is 15.4 Å². The lowest BCUT2D eigenvalue weighted by Gasteiger charge is -2.10. The molecule has 1 aromatic carbocycles. The Bertz CT molecular complexity index is 629. The first-order valence-corrected chi connectivity index (χ1v) is 7.34. The molecule has 0 fully saturated rings. The monoisotopic (exact) mass is 299 g/mol. The number of benzene rings is 1. The van der Waals surface area contributed by atoms with E-state index in [-0.39, 0.29) is 5.91 Å². The number of amides is 1. The lowest BCUT2D eigenvalue weighted by Crippen LogP contribution is -2.24. The summed E-state index contributed by atoms with van der Waals surface area (Å²) in [5, 5.41) is 6.07. The second kappa shape index (κ2) is 8.02. The summed E-state index contributed by atoms with van der Waals surface area (Å²) in [6, 6.07) is 11.3. The quantitative estimate of drug-likeness (QED) is 0.825. The molecule has 0 unspecified atom stereocenters. The maximum Gasteiger partial charge on any atom is 0.251 e. The lowest BCUT2D eigenvalue weighted by molar-refractivity contribution is 0.0953. The number of carbonyl (C=O) groups excluding carboxylic acids is 1. The Morgan fingerprint density at radius 1 is 1.27 bits per heavy atom. The summed E-state index contributed by atoms with van der Waals surface area (Å²) in [5.74, 6) is 1.41. The Hall–Kier alpha value is -2.56. The van der Waals surface area contributed by atoms with E-state index in [0.29, 0.717) is 24.5 Å². The van der Waals surface area contributed by atoms with E-state index >= 15 is 0 Å². The highest BCUT2D eigenvalue weighted by Gasteiger charge is 2.07. The standard InChI is InChI=1S/C17H21N3O2/c1-3-9-19-17(21)13-8-10-18-16(11-13)20-12-14-6-4-5-7-15(14)22-2/h4-8,10-11H,3,9,12H2,1-2H3,(H,18,20)(H,19,21). The number of hydrogen-bond donors (Lipinski definition) is 2. The molecule has 1 heterocycles. The smallest absolute Gasteiger partial charge is 0.251 e. The minimum Gasteiger partial charge on any atom is -0.496 e. The van der Waals surface area contributed by atoms with Crippen molar-refractivity contribution in [2.75, 3.05) is 19.0 Å². The fourth-order valence-corrected chi connectivity index (χ4v) is 2.04. The molecule has 0 spiro atoms. The number of hydrogen-bond acceptors (Lipinski definition) is 4. The van der Waals surface area contributed by atoms with Crippen molar-refractivity contribution in [3.63, 3.8) is 0 Å². The van der Waals surface area contributed by atoms with Gasteiger partial charge in [-0.05, 0) is 24.6 Å². The third-order valence-corrected chi connectivity index (χ3v) is 3.21. The fourth-order valence-electron chi connectivity index (χ4n) is 2.04. The van der Waals surface area contributed by atoms with Gasteiger partial charge in [0.1, 0.15) is 11.6 Å². The van der Waals surface area contributed by atoms with Crippen molar-refractivity contribution >= 4 is 11.7 Å². The zero-order valence-electron chi connectivity index (χ0n) is 12.9. The maximum atomic E-state index is 11.9. The highest BCUT2D eigenvalue weighted by Crippen LogP contribution is 2.18. The van der Waals surface area contributed by atoms with Crippen LogP contribution in [0.1, 0.15) is 29.3 Å². The molecule has 0 aliphatic rings. The normalized spacial score (nSPS) is 10.1. The molecule has 5 nitrogen and oxygen atoms in total. The van der Waals surface area contributed by atoms with Crippen LogP contribution in [0.2, 0.25) is 0 Å². The number of ether oxygens (including phenoxy) is 1. The third-order valence-electron chi connectivity index (χ3n) is 3.21. The topological polar surface area (TPSA) is 63.2 Å². The van der Waals surface area contributed by atoms with Gasteiger partial charge in [-0.15, -0.1) is 0 Å². The van der Waals surface area contributed by atoms with Crippen molar-refractivity contribution in [1.29, 1.82) is 0 Å². The van der Waals surface area contributed by atoms with Gasteiger partial charge < -0.3 is 15.4 Å². The fraction of sp³-hybridized carbons (Fsp3) is 0.294. The van der Waals surface area contributed by atoms with Crippen molar-refractivity contribution in [3.8, 4) is 5.75 Å². The maximum absolute atomic E-state index is 11.9. The summed E-state index contributed by atoms with van der Waals surface area (Å²) < 4.78 is 5.32. The van der Waals surface area contributed by atoms with Gasteiger partial charge in [0.25, 0.3) is 5.91 Å². The molecule has 22 heavy (non-hydrogen) atoms. The molecule has 0 saturated carbocycles. The van der Waals surface area contributed by atoms with Crippen LogP contribution in [-0.2, 0) is 6.54 Å². The van der Waals surface area contributed by atoms with Crippen LogP contribution in [0.15, 0.2) is 42.6 Å². The first kappa shape index (κ1) is 15.8. The molecule has 5 heteroatoms. The van der Waals surface area contributed by atoms with Crippen LogP contribution in [-0.4, -0.2) is 24.5 Å². The molecule has 0 atom stereocenters. The van der Waals surface area contributed by atoms with E-state index in [0.717, 1.165) is 17.7 Å². The Kier molecular flexibility index (Phi) is 5.77. The Morgan fingerprint density at radius 2 is 2.09 bits per heavy atom. The molecule has 0 radical (unpaired) electrons. The number of carbonyl (C=O) groups is 1. The number of pyridine rings is 1. The molecule has 0 aliphatic carbocycles. The zero-order chi connectivity index (χ0) is 15.8. The molecule has 2 aromatic rings. The van der Waals surface area contributed by atoms with Crippen LogP contribution in [0.3, 0.4) is 0 Å². The molecule has 116 valence electrons. The predicted octanol–water partition coefficient (Wildman–Crippen LogP) is 2.84. The van der Waals surface area contributed by atoms with E-state index in [4.69, 9.17) is 4.74 Å². The first-order chi connectivity index (χ1) is 10.7.